The van der Waals surface area contributed by atoms with E-state index in [1.165, 1.54) is 5.56 Å². The molecule has 1 aromatic carbocycles. The van der Waals surface area contributed by atoms with Gasteiger partial charge in [-0.15, -0.1) is 0 Å². The van der Waals surface area contributed by atoms with Crippen molar-refractivity contribution in [3.05, 3.63) is 35.4 Å². The molecule has 0 aliphatic carbocycles. The minimum atomic E-state index is -0.352. The van der Waals surface area contributed by atoms with E-state index < -0.39 is 0 Å². The van der Waals surface area contributed by atoms with Crippen molar-refractivity contribution in [2.45, 2.75) is 25.9 Å². The van der Waals surface area contributed by atoms with Crippen molar-refractivity contribution >= 4 is 0 Å². The summed E-state index contributed by atoms with van der Waals surface area (Å²) < 4.78 is 5.43. The third-order valence-electron chi connectivity index (χ3n) is 3.58. The molecule has 1 aliphatic rings. The molecule has 0 radical (unpaired) electrons. The van der Waals surface area contributed by atoms with Crippen LogP contribution in [-0.4, -0.2) is 42.9 Å². The van der Waals surface area contributed by atoms with Crippen molar-refractivity contribution in [3.63, 3.8) is 0 Å². The summed E-state index contributed by atoms with van der Waals surface area (Å²) in [5.74, 6) is 0. The van der Waals surface area contributed by atoms with E-state index >= 15 is 0 Å². The topological polar surface area (TPSA) is 32.7 Å². The third kappa shape index (κ3) is 3.80. The van der Waals surface area contributed by atoms with Crippen LogP contribution in [0.25, 0.3) is 0 Å². The van der Waals surface area contributed by atoms with Gasteiger partial charge in [0.05, 0.1) is 12.7 Å². The fourth-order valence-electron chi connectivity index (χ4n) is 2.44. The summed E-state index contributed by atoms with van der Waals surface area (Å²) in [6.45, 7) is 6.76. The van der Waals surface area contributed by atoms with E-state index in [1.54, 1.807) is 0 Å². The maximum Gasteiger partial charge on any atom is 0.0804 e. The fourth-order valence-corrected chi connectivity index (χ4v) is 2.44. The van der Waals surface area contributed by atoms with Gasteiger partial charge in [-0.3, -0.25) is 0 Å². The van der Waals surface area contributed by atoms with Gasteiger partial charge in [0.25, 0.3) is 0 Å². The van der Waals surface area contributed by atoms with Gasteiger partial charge in [-0.25, -0.2) is 0 Å². The van der Waals surface area contributed by atoms with E-state index in [9.17, 15) is 5.11 Å². The lowest BCUT2D eigenvalue weighted by Gasteiger charge is -2.21. The molecule has 1 heterocycles. The zero-order valence-corrected chi connectivity index (χ0v) is 11.1. The highest BCUT2D eigenvalue weighted by molar-refractivity contribution is 5.27. The van der Waals surface area contributed by atoms with Gasteiger partial charge < -0.3 is 14.7 Å². The molecule has 18 heavy (non-hydrogen) atoms. The van der Waals surface area contributed by atoms with Crippen LogP contribution < -0.4 is 0 Å². The predicted octanol–water partition coefficient (Wildman–Crippen LogP) is 2.14. The summed E-state index contributed by atoms with van der Waals surface area (Å²) in [5, 5.41) is 10.2. The molecule has 1 N–H and O–H groups in total. The molecule has 1 fully saturated rings. The van der Waals surface area contributed by atoms with Crippen LogP contribution in [0.1, 0.15) is 30.1 Å². The monoisotopic (exact) mass is 249 g/mol. The summed E-state index contributed by atoms with van der Waals surface area (Å²) in [6.07, 6.45) is 1.54. The van der Waals surface area contributed by atoms with Crippen LogP contribution >= 0.6 is 0 Å². The molecule has 1 unspecified atom stereocenters. The average molecular weight is 249 g/mol. The molecule has 3 heteroatoms. The van der Waals surface area contributed by atoms with Gasteiger partial charge in [-0.05, 0) is 30.9 Å². The molecule has 1 atom stereocenters. The Hall–Kier alpha value is -0.900. The normalized spacial score (nSPS) is 19.4. The minimum absolute atomic E-state index is 0.352. The number of hydrogen-bond acceptors (Lipinski definition) is 3. The first-order valence-electron chi connectivity index (χ1n) is 6.81. The number of rotatable bonds is 4. The van der Waals surface area contributed by atoms with Crippen molar-refractivity contribution in [2.75, 3.05) is 32.8 Å². The van der Waals surface area contributed by atoms with Crippen molar-refractivity contribution in [2.24, 2.45) is 0 Å². The summed E-state index contributed by atoms with van der Waals surface area (Å²) in [7, 11) is 0. The summed E-state index contributed by atoms with van der Waals surface area (Å²) >= 11 is 0. The van der Waals surface area contributed by atoms with Crippen molar-refractivity contribution in [1.29, 1.82) is 0 Å². The molecule has 3 nitrogen and oxygen atoms in total. The molecule has 2 rings (SSSR count). The Morgan fingerprint density at radius 3 is 2.94 bits per heavy atom. The van der Waals surface area contributed by atoms with Crippen LogP contribution in [-0.2, 0) is 4.74 Å². The summed E-state index contributed by atoms with van der Waals surface area (Å²) in [5.41, 5.74) is 2.23. The van der Waals surface area contributed by atoms with Gasteiger partial charge in [0, 0.05) is 26.2 Å². The largest absolute Gasteiger partial charge is 0.388 e. The molecular formula is C15H23NO2. The Labute approximate surface area is 109 Å². The summed E-state index contributed by atoms with van der Waals surface area (Å²) in [4.78, 5) is 2.38. The van der Waals surface area contributed by atoms with Gasteiger partial charge in [-0.1, -0.05) is 24.3 Å². The van der Waals surface area contributed by atoms with Gasteiger partial charge in [0.15, 0.2) is 0 Å². The lowest BCUT2D eigenvalue weighted by Crippen LogP contribution is -2.28. The number of hydrogen-bond donors (Lipinski definition) is 1. The highest BCUT2D eigenvalue weighted by atomic mass is 16.5. The number of benzene rings is 1. The van der Waals surface area contributed by atoms with Gasteiger partial charge in [0.2, 0.25) is 0 Å². The standard InChI is InChI=1S/C15H23NO2/c1-13-5-2-3-6-14(13)15(17)7-9-16-8-4-11-18-12-10-16/h2-3,5-6,15,17H,4,7-12H2,1H3. The number of aliphatic hydroxyl groups excluding tert-OH is 1. The van der Waals surface area contributed by atoms with E-state index in [1.807, 2.05) is 18.2 Å². The Bertz CT molecular complexity index is 359. The van der Waals surface area contributed by atoms with E-state index in [0.29, 0.717) is 0 Å². The maximum atomic E-state index is 10.2. The van der Waals surface area contributed by atoms with Crippen molar-refractivity contribution in [1.82, 2.24) is 4.90 Å². The molecule has 0 spiro atoms. The van der Waals surface area contributed by atoms with Crippen LogP contribution in [0.5, 0.6) is 0 Å². The molecule has 0 amide bonds. The van der Waals surface area contributed by atoms with Crippen LogP contribution in [0, 0.1) is 6.92 Å². The number of ether oxygens (including phenoxy) is 1. The Balaban J connectivity index is 1.84. The van der Waals surface area contributed by atoms with E-state index in [-0.39, 0.29) is 6.10 Å². The second-order valence-electron chi connectivity index (χ2n) is 4.97. The highest BCUT2D eigenvalue weighted by Crippen LogP contribution is 2.20. The summed E-state index contributed by atoms with van der Waals surface area (Å²) in [6, 6.07) is 8.08. The second-order valence-corrected chi connectivity index (χ2v) is 4.97. The first-order valence-corrected chi connectivity index (χ1v) is 6.81. The lowest BCUT2D eigenvalue weighted by atomic mass is 10.0. The van der Waals surface area contributed by atoms with Crippen molar-refractivity contribution < 1.29 is 9.84 Å². The van der Waals surface area contributed by atoms with Gasteiger partial charge in [0.1, 0.15) is 0 Å². The molecule has 1 saturated heterocycles. The molecular weight excluding hydrogens is 226 g/mol. The van der Waals surface area contributed by atoms with E-state index in [4.69, 9.17) is 4.74 Å². The Kier molecular flexibility index (Phi) is 5.17. The Morgan fingerprint density at radius 1 is 1.28 bits per heavy atom. The average Bonchev–Trinajstić information content (AvgIpc) is 2.65. The zero-order valence-electron chi connectivity index (χ0n) is 11.1. The van der Waals surface area contributed by atoms with E-state index in [0.717, 1.165) is 51.3 Å². The van der Waals surface area contributed by atoms with Crippen LogP contribution in [0.4, 0.5) is 0 Å². The second kappa shape index (κ2) is 6.88. The molecule has 0 saturated carbocycles. The molecule has 1 aromatic rings. The lowest BCUT2D eigenvalue weighted by molar-refractivity contribution is 0.126. The Morgan fingerprint density at radius 2 is 2.11 bits per heavy atom. The van der Waals surface area contributed by atoms with E-state index in [2.05, 4.69) is 17.9 Å². The molecule has 100 valence electrons. The predicted molar refractivity (Wildman–Crippen MR) is 72.6 cm³/mol. The smallest absolute Gasteiger partial charge is 0.0804 e. The maximum absolute atomic E-state index is 10.2. The van der Waals surface area contributed by atoms with Gasteiger partial charge >= 0.3 is 0 Å². The van der Waals surface area contributed by atoms with Gasteiger partial charge in [-0.2, -0.15) is 0 Å². The quantitative estimate of drug-likeness (QED) is 0.887. The molecule has 1 aliphatic heterocycles. The number of nitrogens with zero attached hydrogens (tertiary/aromatic N) is 1. The van der Waals surface area contributed by atoms with Crippen LogP contribution in [0.15, 0.2) is 24.3 Å². The fraction of sp³-hybridized carbons (Fsp3) is 0.600. The first kappa shape index (κ1) is 13.5. The van der Waals surface area contributed by atoms with Crippen molar-refractivity contribution in [3.8, 4) is 0 Å². The van der Waals surface area contributed by atoms with Crippen LogP contribution in [0.2, 0.25) is 0 Å². The van der Waals surface area contributed by atoms with Crippen LogP contribution in [0.3, 0.4) is 0 Å². The third-order valence-corrected chi connectivity index (χ3v) is 3.58. The first-order chi connectivity index (χ1) is 8.77. The zero-order chi connectivity index (χ0) is 12.8. The number of aryl methyl sites for hydroxylation is 1. The molecule has 0 bridgehead atoms. The highest BCUT2D eigenvalue weighted by Gasteiger charge is 2.13. The number of aliphatic hydroxyl groups is 1. The minimum Gasteiger partial charge on any atom is -0.388 e. The molecule has 0 aromatic heterocycles. The SMILES string of the molecule is Cc1ccccc1C(O)CCN1CCCOCC1.